The predicted octanol–water partition coefficient (Wildman–Crippen LogP) is 2.18. The van der Waals surface area contributed by atoms with E-state index in [0.717, 1.165) is 43.2 Å². The van der Waals surface area contributed by atoms with Crippen molar-refractivity contribution in [1.29, 1.82) is 0 Å². The minimum absolute atomic E-state index is 0.187. The fraction of sp³-hybridized carbons (Fsp3) is 0.714. The van der Waals surface area contributed by atoms with Gasteiger partial charge in [0.05, 0.1) is 18.8 Å². The molecular formula is C14H21N3O2S. The molecular weight excluding hydrogens is 274 g/mol. The van der Waals surface area contributed by atoms with Gasteiger partial charge in [-0.2, -0.15) is 0 Å². The van der Waals surface area contributed by atoms with E-state index >= 15 is 0 Å². The molecule has 0 aliphatic carbocycles. The Balaban J connectivity index is 1.68. The topological polar surface area (TPSA) is 45.7 Å². The number of amides is 1. The molecule has 0 saturated carbocycles. The first-order chi connectivity index (χ1) is 9.47. The Labute approximate surface area is 123 Å². The number of rotatable bonds is 2. The second-order valence-electron chi connectivity index (χ2n) is 5.97. The molecule has 1 atom stereocenters. The van der Waals surface area contributed by atoms with Crippen LogP contribution in [-0.2, 0) is 11.3 Å². The van der Waals surface area contributed by atoms with Crippen LogP contribution in [0.4, 0.5) is 4.79 Å². The summed E-state index contributed by atoms with van der Waals surface area (Å²) in [6.07, 6.45) is 1.85. The van der Waals surface area contributed by atoms with Crippen molar-refractivity contribution in [3.8, 4) is 0 Å². The van der Waals surface area contributed by atoms with Crippen LogP contribution in [-0.4, -0.2) is 53.2 Å². The molecule has 2 saturated heterocycles. The van der Waals surface area contributed by atoms with Crippen molar-refractivity contribution < 1.29 is 9.53 Å². The van der Waals surface area contributed by atoms with Gasteiger partial charge in [-0.05, 0) is 33.2 Å². The maximum atomic E-state index is 11.6. The number of likely N-dealkylation sites (N-methyl/N-ethyl adjacent to an activating group) is 1. The van der Waals surface area contributed by atoms with E-state index < -0.39 is 0 Å². The number of likely N-dealkylation sites (tertiary alicyclic amines) is 1. The number of hydrogen-bond acceptors (Lipinski definition) is 5. The molecule has 110 valence electrons. The number of carbonyl (C=O) groups excluding carboxylic acids is 1. The van der Waals surface area contributed by atoms with Gasteiger partial charge in [-0.25, -0.2) is 9.78 Å². The normalized spacial score (nSPS) is 27.4. The average Bonchev–Trinajstić information content (AvgIpc) is 2.80. The number of thiazole rings is 1. The van der Waals surface area contributed by atoms with Crippen molar-refractivity contribution in [1.82, 2.24) is 14.8 Å². The molecule has 2 aliphatic rings. The first-order valence-corrected chi connectivity index (χ1v) is 7.88. The summed E-state index contributed by atoms with van der Waals surface area (Å²) in [6, 6.07) is 0. The summed E-state index contributed by atoms with van der Waals surface area (Å²) >= 11 is 1.77. The first kappa shape index (κ1) is 13.8. The van der Waals surface area contributed by atoms with Gasteiger partial charge >= 0.3 is 6.09 Å². The van der Waals surface area contributed by atoms with E-state index in [9.17, 15) is 4.79 Å². The van der Waals surface area contributed by atoms with Crippen LogP contribution in [0.15, 0.2) is 0 Å². The number of aryl methyl sites for hydroxylation is 2. The molecule has 1 amide bonds. The number of ether oxygens (including phenoxy) is 1. The summed E-state index contributed by atoms with van der Waals surface area (Å²) in [5.74, 6) is 0. The lowest BCUT2D eigenvalue weighted by atomic mass is 9.93. The summed E-state index contributed by atoms with van der Waals surface area (Å²) in [7, 11) is 1.81. The Morgan fingerprint density at radius 2 is 2.20 bits per heavy atom. The van der Waals surface area contributed by atoms with E-state index in [1.165, 1.54) is 4.88 Å². The molecule has 5 nitrogen and oxygen atoms in total. The lowest BCUT2D eigenvalue weighted by Crippen LogP contribution is -2.50. The van der Waals surface area contributed by atoms with Gasteiger partial charge < -0.3 is 9.64 Å². The Bertz CT molecular complexity index is 511. The van der Waals surface area contributed by atoms with Crippen LogP contribution in [0.1, 0.15) is 28.4 Å². The molecule has 20 heavy (non-hydrogen) atoms. The van der Waals surface area contributed by atoms with Crippen molar-refractivity contribution in [2.45, 2.75) is 38.8 Å². The monoisotopic (exact) mass is 295 g/mol. The molecule has 0 aromatic carbocycles. The summed E-state index contributed by atoms with van der Waals surface area (Å²) in [5, 5.41) is 1.16. The van der Waals surface area contributed by atoms with Crippen molar-refractivity contribution in [2.24, 2.45) is 0 Å². The predicted molar refractivity (Wildman–Crippen MR) is 77.9 cm³/mol. The third-order valence-electron chi connectivity index (χ3n) is 4.19. The van der Waals surface area contributed by atoms with Gasteiger partial charge in [0.1, 0.15) is 10.6 Å². The van der Waals surface area contributed by atoms with E-state index in [1.807, 2.05) is 7.05 Å². The molecule has 1 aromatic rings. The minimum Gasteiger partial charge on any atom is -0.440 e. The highest BCUT2D eigenvalue weighted by atomic mass is 32.1. The lowest BCUT2D eigenvalue weighted by Gasteiger charge is -2.37. The van der Waals surface area contributed by atoms with Crippen LogP contribution >= 0.6 is 11.3 Å². The highest BCUT2D eigenvalue weighted by molar-refractivity contribution is 7.11. The highest BCUT2D eigenvalue weighted by Crippen LogP contribution is 2.32. The molecule has 0 unspecified atom stereocenters. The van der Waals surface area contributed by atoms with Crippen molar-refractivity contribution in [2.75, 3.05) is 26.7 Å². The summed E-state index contributed by atoms with van der Waals surface area (Å²) in [4.78, 5) is 21.6. The van der Waals surface area contributed by atoms with Gasteiger partial charge in [-0.3, -0.25) is 4.90 Å². The first-order valence-electron chi connectivity index (χ1n) is 7.07. The molecule has 1 aromatic heterocycles. The number of nitrogens with zero attached hydrogens (tertiary/aromatic N) is 3. The fourth-order valence-electron chi connectivity index (χ4n) is 3.13. The van der Waals surface area contributed by atoms with Gasteiger partial charge in [0.15, 0.2) is 0 Å². The maximum Gasteiger partial charge on any atom is 0.410 e. The minimum atomic E-state index is -0.300. The van der Waals surface area contributed by atoms with Crippen LogP contribution in [0, 0.1) is 13.8 Å². The fourth-order valence-corrected chi connectivity index (χ4v) is 4.10. The van der Waals surface area contributed by atoms with Crippen LogP contribution in [0.25, 0.3) is 0 Å². The van der Waals surface area contributed by atoms with Crippen LogP contribution < -0.4 is 0 Å². The smallest absolute Gasteiger partial charge is 0.410 e. The molecule has 0 radical (unpaired) electrons. The van der Waals surface area contributed by atoms with Gasteiger partial charge in [-0.15, -0.1) is 11.3 Å². The SMILES string of the molecule is Cc1nc(CN2CCC[C@]3(C2)CN(C)C(=O)O3)sc1C. The van der Waals surface area contributed by atoms with Crippen LogP contribution in [0.2, 0.25) is 0 Å². The molecule has 1 spiro atoms. The summed E-state index contributed by atoms with van der Waals surface area (Å²) < 4.78 is 5.63. The molecule has 2 aliphatic heterocycles. The van der Waals surface area contributed by atoms with Crippen molar-refractivity contribution in [3.63, 3.8) is 0 Å². The second-order valence-corrected chi connectivity index (χ2v) is 7.26. The third-order valence-corrected chi connectivity index (χ3v) is 5.25. The Hall–Kier alpha value is -1.14. The van der Waals surface area contributed by atoms with Gasteiger partial charge in [-0.1, -0.05) is 0 Å². The van der Waals surface area contributed by atoms with Gasteiger partial charge in [0.25, 0.3) is 0 Å². The van der Waals surface area contributed by atoms with Crippen molar-refractivity contribution >= 4 is 17.4 Å². The van der Waals surface area contributed by atoms with Crippen LogP contribution in [0.3, 0.4) is 0 Å². The maximum absolute atomic E-state index is 11.6. The number of carbonyl (C=O) groups is 1. The summed E-state index contributed by atoms with van der Waals surface area (Å²) in [6.45, 7) is 7.62. The second kappa shape index (κ2) is 5.00. The van der Waals surface area contributed by atoms with Crippen LogP contribution in [0.5, 0.6) is 0 Å². The zero-order valence-electron chi connectivity index (χ0n) is 12.3. The zero-order valence-corrected chi connectivity index (χ0v) is 13.1. The lowest BCUT2D eigenvalue weighted by molar-refractivity contribution is -0.0113. The molecule has 0 N–H and O–H groups in total. The third kappa shape index (κ3) is 2.54. The molecule has 3 heterocycles. The molecule has 3 rings (SSSR count). The molecule has 6 heteroatoms. The molecule has 0 bridgehead atoms. The van der Waals surface area contributed by atoms with Gasteiger partial charge in [0.2, 0.25) is 0 Å². The molecule has 2 fully saturated rings. The van der Waals surface area contributed by atoms with E-state index in [0.29, 0.717) is 6.54 Å². The Morgan fingerprint density at radius 1 is 1.40 bits per heavy atom. The summed E-state index contributed by atoms with van der Waals surface area (Å²) in [5.41, 5.74) is 0.828. The number of hydrogen-bond donors (Lipinski definition) is 0. The van der Waals surface area contributed by atoms with E-state index in [4.69, 9.17) is 4.74 Å². The van der Waals surface area contributed by atoms with E-state index in [2.05, 4.69) is 23.7 Å². The Kier molecular flexibility index (Phi) is 3.46. The average molecular weight is 295 g/mol. The zero-order chi connectivity index (χ0) is 14.3. The van der Waals surface area contributed by atoms with Crippen molar-refractivity contribution in [3.05, 3.63) is 15.6 Å². The van der Waals surface area contributed by atoms with E-state index in [1.54, 1.807) is 16.2 Å². The number of piperidine rings is 1. The van der Waals surface area contributed by atoms with Gasteiger partial charge in [0, 0.05) is 18.5 Å². The Morgan fingerprint density at radius 3 is 2.80 bits per heavy atom. The standard InChI is InChI=1S/C14H21N3O2S/c1-10-11(2)20-12(15-10)7-17-6-4-5-14(9-17)8-16(3)13(18)19-14/h4-9H2,1-3H3/t14-/m1/s1. The van der Waals surface area contributed by atoms with E-state index in [-0.39, 0.29) is 11.7 Å². The largest absolute Gasteiger partial charge is 0.440 e. The quantitative estimate of drug-likeness (QED) is 0.839. The highest BCUT2D eigenvalue weighted by Gasteiger charge is 2.46. The number of aromatic nitrogens is 1.